The molecule has 0 aromatic carbocycles. The summed E-state index contributed by atoms with van der Waals surface area (Å²) >= 11 is 6.06. The number of nitrogens with zero attached hydrogens (tertiary/aromatic N) is 2. The third kappa shape index (κ3) is 5.08. The summed E-state index contributed by atoms with van der Waals surface area (Å²) in [7, 11) is 2.09. The zero-order chi connectivity index (χ0) is 16.9. The van der Waals surface area contributed by atoms with Crippen LogP contribution in [0.25, 0.3) is 0 Å². The molecule has 1 aliphatic rings. The van der Waals surface area contributed by atoms with Gasteiger partial charge >= 0.3 is 0 Å². The Bertz CT molecular complexity index is 532. The van der Waals surface area contributed by atoms with Crippen molar-refractivity contribution in [2.75, 3.05) is 26.7 Å². The van der Waals surface area contributed by atoms with Crippen LogP contribution >= 0.6 is 11.6 Å². The van der Waals surface area contributed by atoms with Gasteiger partial charge in [-0.05, 0) is 58.5 Å². The van der Waals surface area contributed by atoms with E-state index in [1.807, 2.05) is 13.8 Å². The van der Waals surface area contributed by atoms with Gasteiger partial charge in [0.15, 0.2) is 0 Å². The molecule has 1 saturated heterocycles. The molecule has 0 saturated carbocycles. The number of hydrogen-bond acceptors (Lipinski definition) is 4. The van der Waals surface area contributed by atoms with Crippen LogP contribution in [0, 0.1) is 5.92 Å². The fourth-order valence-electron chi connectivity index (χ4n) is 2.60. The molecule has 5 nitrogen and oxygen atoms in total. The van der Waals surface area contributed by atoms with Gasteiger partial charge in [0, 0.05) is 12.1 Å². The van der Waals surface area contributed by atoms with Crippen LogP contribution in [0.2, 0.25) is 5.02 Å². The van der Waals surface area contributed by atoms with E-state index in [0.717, 1.165) is 32.4 Å². The Morgan fingerprint density at radius 2 is 2.22 bits per heavy atom. The number of ether oxygens (including phenoxy) is 1. The van der Waals surface area contributed by atoms with E-state index in [4.69, 9.17) is 16.3 Å². The molecule has 1 fully saturated rings. The summed E-state index contributed by atoms with van der Waals surface area (Å²) in [4.78, 5) is 18.9. The minimum absolute atomic E-state index is 0.0931. The fraction of sp³-hybridized carbons (Fsp3) is 0.647. The molecule has 23 heavy (non-hydrogen) atoms. The molecule has 6 heteroatoms. The van der Waals surface area contributed by atoms with Gasteiger partial charge in [-0.25, -0.2) is 4.98 Å². The second kappa shape index (κ2) is 7.97. The van der Waals surface area contributed by atoms with Crippen LogP contribution in [0.3, 0.4) is 0 Å². The first kappa shape index (κ1) is 18.0. The van der Waals surface area contributed by atoms with Crippen molar-refractivity contribution >= 4 is 17.5 Å². The maximum Gasteiger partial charge on any atom is 0.232 e. The first-order chi connectivity index (χ1) is 10.9. The second-order valence-electron chi connectivity index (χ2n) is 6.56. The minimum atomic E-state index is -0.429. The third-order valence-electron chi connectivity index (χ3n) is 4.55. The Labute approximate surface area is 143 Å². The van der Waals surface area contributed by atoms with E-state index in [9.17, 15) is 4.79 Å². The summed E-state index contributed by atoms with van der Waals surface area (Å²) in [6.45, 7) is 6.33. The number of piperidine rings is 1. The fourth-order valence-corrected chi connectivity index (χ4v) is 2.78. The van der Waals surface area contributed by atoms with Crippen molar-refractivity contribution in [1.29, 1.82) is 0 Å². The number of likely N-dealkylation sites (tertiary alicyclic amines) is 1. The van der Waals surface area contributed by atoms with Gasteiger partial charge in [0.2, 0.25) is 11.8 Å². The highest BCUT2D eigenvalue weighted by Gasteiger charge is 2.31. The molecule has 1 atom stereocenters. The summed E-state index contributed by atoms with van der Waals surface area (Å²) in [5.41, 5.74) is -0.429. The number of carbonyl (C=O) groups is 1. The largest absolute Gasteiger partial charge is 0.474 e. The Kier molecular flexibility index (Phi) is 6.25. The quantitative estimate of drug-likeness (QED) is 0.865. The van der Waals surface area contributed by atoms with Gasteiger partial charge in [-0.2, -0.15) is 0 Å². The normalized spacial score (nSPS) is 19.1. The summed E-state index contributed by atoms with van der Waals surface area (Å²) in [6, 6.07) is 3.50. The van der Waals surface area contributed by atoms with Crippen LogP contribution in [0.5, 0.6) is 5.88 Å². The van der Waals surface area contributed by atoms with Crippen LogP contribution in [0.1, 0.15) is 33.1 Å². The van der Waals surface area contributed by atoms with Gasteiger partial charge < -0.3 is 15.0 Å². The van der Waals surface area contributed by atoms with Gasteiger partial charge in [0.05, 0.1) is 5.54 Å². The molecular weight excluding hydrogens is 314 g/mol. The van der Waals surface area contributed by atoms with Crippen LogP contribution in [-0.2, 0) is 4.79 Å². The topological polar surface area (TPSA) is 54.5 Å². The van der Waals surface area contributed by atoms with E-state index in [-0.39, 0.29) is 11.8 Å². The summed E-state index contributed by atoms with van der Waals surface area (Å²) in [5, 5.41) is 3.64. The summed E-state index contributed by atoms with van der Waals surface area (Å²) in [6.07, 6.45) is 4.24. The number of pyridine rings is 1. The van der Waals surface area contributed by atoms with E-state index in [0.29, 0.717) is 17.5 Å². The lowest BCUT2D eigenvalue weighted by atomic mass is 9.93. The first-order valence-corrected chi connectivity index (χ1v) is 8.55. The van der Waals surface area contributed by atoms with Crippen molar-refractivity contribution in [3.05, 3.63) is 23.4 Å². The summed E-state index contributed by atoms with van der Waals surface area (Å²) in [5.74, 6) is 0.621. The number of halogens is 1. The van der Waals surface area contributed by atoms with Gasteiger partial charge in [-0.3, -0.25) is 4.79 Å². The number of rotatable bonds is 6. The number of aromatic nitrogens is 1. The average Bonchev–Trinajstić information content (AvgIpc) is 2.54. The lowest BCUT2D eigenvalue weighted by Crippen LogP contribution is -2.52. The Morgan fingerprint density at radius 1 is 1.52 bits per heavy atom. The SMILES string of the molecule is CC[C@@](C)(COc1ncccc1Cl)NC(=O)C1CCN(C)CC1. The molecule has 1 aromatic rings. The van der Waals surface area contributed by atoms with E-state index < -0.39 is 5.54 Å². The number of nitrogens with one attached hydrogen (secondary N) is 1. The van der Waals surface area contributed by atoms with Crippen molar-refractivity contribution in [1.82, 2.24) is 15.2 Å². The van der Waals surface area contributed by atoms with Gasteiger partial charge in [-0.15, -0.1) is 0 Å². The smallest absolute Gasteiger partial charge is 0.232 e. The number of amides is 1. The molecule has 1 aliphatic heterocycles. The standard InChI is InChI=1S/C17H26ClN3O2/c1-4-17(2,12-23-16-14(18)6-5-9-19-16)20-15(22)13-7-10-21(3)11-8-13/h5-6,9,13H,4,7-8,10-12H2,1-3H3,(H,20,22)/t17-/m0/s1. The second-order valence-corrected chi connectivity index (χ2v) is 6.97. The predicted octanol–water partition coefficient (Wildman–Crippen LogP) is 2.74. The Morgan fingerprint density at radius 3 is 2.83 bits per heavy atom. The van der Waals surface area contributed by atoms with Crippen molar-refractivity contribution < 1.29 is 9.53 Å². The Balaban J connectivity index is 1.92. The van der Waals surface area contributed by atoms with Crippen molar-refractivity contribution in [3.8, 4) is 5.88 Å². The van der Waals surface area contributed by atoms with Gasteiger partial charge in [0.25, 0.3) is 0 Å². The molecule has 0 radical (unpaired) electrons. The van der Waals surface area contributed by atoms with Crippen LogP contribution in [0.4, 0.5) is 0 Å². The number of hydrogen-bond donors (Lipinski definition) is 1. The van der Waals surface area contributed by atoms with Crippen molar-refractivity contribution in [2.24, 2.45) is 5.92 Å². The third-order valence-corrected chi connectivity index (χ3v) is 4.83. The van der Waals surface area contributed by atoms with Gasteiger partial charge in [0.1, 0.15) is 11.6 Å². The molecule has 2 rings (SSSR count). The maximum atomic E-state index is 12.5. The highest BCUT2D eigenvalue weighted by atomic mass is 35.5. The first-order valence-electron chi connectivity index (χ1n) is 8.17. The van der Waals surface area contributed by atoms with E-state index in [1.54, 1.807) is 18.3 Å². The van der Waals surface area contributed by atoms with Crippen LogP contribution in [0.15, 0.2) is 18.3 Å². The molecule has 0 spiro atoms. The molecule has 0 bridgehead atoms. The lowest BCUT2D eigenvalue weighted by molar-refractivity contribution is -0.128. The molecule has 1 amide bonds. The highest BCUT2D eigenvalue weighted by Crippen LogP contribution is 2.23. The average molecular weight is 340 g/mol. The predicted molar refractivity (Wildman–Crippen MR) is 91.8 cm³/mol. The Hall–Kier alpha value is -1.33. The van der Waals surface area contributed by atoms with E-state index >= 15 is 0 Å². The molecule has 0 unspecified atom stereocenters. The van der Waals surface area contributed by atoms with Crippen LogP contribution < -0.4 is 10.1 Å². The molecule has 1 N–H and O–H groups in total. The van der Waals surface area contributed by atoms with E-state index in [1.165, 1.54) is 0 Å². The monoisotopic (exact) mass is 339 g/mol. The molecular formula is C17H26ClN3O2. The molecule has 2 heterocycles. The number of carbonyl (C=O) groups excluding carboxylic acids is 1. The van der Waals surface area contributed by atoms with Gasteiger partial charge in [-0.1, -0.05) is 18.5 Å². The highest BCUT2D eigenvalue weighted by molar-refractivity contribution is 6.31. The molecule has 128 valence electrons. The zero-order valence-electron chi connectivity index (χ0n) is 14.1. The molecule has 0 aliphatic carbocycles. The van der Waals surface area contributed by atoms with Crippen LogP contribution in [-0.4, -0.2) is 48.1 Å². The van der Waals surface area contributed by atoms with Crippen molar-refractivity contribution in [3.63, 3.8) is 0 Å². The van der Waals surface area contributed by atoms with E-state index in [2.05, 4.69) is 22.2 Å². The summed E-state index contributed by atoms with van der Waals surface area (Å²) < 4.78 is 5.73. The molecule has 1 aromatic heterocycles. The lowest BCUT2D eigenvalue weighted by Gasteiger charge is -2.34. The maximum absolute atomic E-state index is 12.5. The van der Waals surface area contributed by atoms with Crippen molar-refractivity contribution in [2.45, 2.75) is 38.6 Å². The minimum Gasteiger partial charge on any atom is -0.474 e. The zero-order valence-corrected chi connectivity index (χ0v) is 14.9.